The molecule has 0 unspecified atom stereocenters. The summed E-state index contributed by atoms with van der Waals surface area (Å²) in [5.41, 5.74) is 0.879. The number of ether oxygens (including phenoxy) is 2. The number of methoxy groups -OCH3 is 2. The van der Waals surface area contributed by atoms with Crippen molar-refractivity contribution in [2.75, 3.05) is 138 Å². The fourth-order valence-electron chi connectivity index (χ4n) is 12.1. The molecule has 2 amide bonds. The average molecular weight is 1110 g/mol. The molecule has 22 heteroatoms. The van der Waals surface area contributed by atoms with Gasteiger partial charge in [-0.15, -0.1) is 11.8 Å². The van der Waals surface area contributed by atoms with Crippen LogP contribution in [0.15, 0.2) is 47.4 Å². The number of aliphatic carboxylic acids is 4. The molecule has 78 heavy (non-hydrogen) atoms. The molecular formula is C56H83N9O12S. The van der Waals surface area contributed by atoms with Crippen LogP contribution in [-0.4, -0.2) is 229 Å². The Morgan fingerprint density at radius 2 is 1.21 bits per heavy atom. The Morgan fingerprint density at radius 3 is 1.67 bits per heavy atom. The molecule has 0 spiro atoms. The van der Waals surface area contributed by atoms with E-state index in [2.05, 4.69) is 42.5 Å². The molecule has 4 saturated carbocycles. The average Bonchev–Trinajstić information content (AvgIpc) is 3.17. The van der Waals surface area contributed by atoms with Gasteiger partial charge in [-0.3, -0.25) is 49.0 Å². The minimum atomic E-state index is -1.40. The summed E-state index contributed by atoms with van der Waals surface area (Å²) in [6.07, 6.45) is 7.31. The molecule has 430 valence electrons. The molecule has 1 heterocycles. The smallest absolute Gasteiger partial charge is 0.330 e. The van der Waals surface area contributed by atoms with E-state index in [1.54, 1.807) is 70.8 Å². The van der Waals surface area contributed by atoms with Gasteiger partial charge >= 0.3 is 23.9 Å². The first-order valence-corrected chi connectivity index (χ1v) is 28.3. The SMILES string of the molecule is COc1cccc(OC)c1/C(=C/C(=N)C(=O)NC1(C(=O)O)C2CC3CC(C2)CC1C3)Nc1ccc(SCCCN(C)CCCN(C)C(=O)CN2CCN(CC(=O)O)CCN(CC(=O)O)CCN(CC(=O)O)CC2)cc1C(C)C. The molecule has 21 nitrogen and oxygen atoms in total. The third-order valence-electron chi connectivity index (χ3n) is 16.0. The summed E-state index contributed by atoms with van der Waals surface area (Å²) in [6.45, 7) is 8.35. The first-order valence-electron chi connectivity index (χ1n) is 27.3. The van der Waals surface area contributed by atoms with Crippen LogP contribution in [-0.2, 0) is 28.8 Å². The fraction of sp³-hybridized carbons (Fsp3) is 0.625. The molecule has 4 bridgehead atoms. The zero-order valence-electron chi connectivity index (χ0n) is 46.3. The van der Waals surface area contributed by atoms with Crippen molar-refractivity contribution in [2.45, 2.75) is 75.1 Å². The minimum Gasteiger partial charge on any atom is -0.496 e. The zero-order chi connectivity index (χ0) is 56.7. The number of nitrogens with zero attached hydrogens (tertiary/aromatic N) is 6. The van der Waals surface area contributed by atoms with Crippen molar-refractivity contribution in [1.82, 2.24) is 34.7 Å². The van der Waals surface area contributed by atoms with Crippen LogP contribution in [0.2, 0.25) is 0 Å². The van der Waals surface area contributed by atoms with Crippen LogP contribution in [0, 0.1) is 29.1 Å². The summed E-state index contributed by atoms with van der Waals surface area (Å²) in [6, 6.07) is 11.5. The molecule has 7 N–H and O–H groups in total. The van der Waals surface area contributed by atoms with Gasteiger partial charge in [0.25, 0.3) is 5.91 Å². The van der Waals surface area contributed by atoms with Crippen LogP contribution in [0.3, 0.4) is 0 Å². The molecule has 2 aromatic carbocycles. The van der Waals surface area contributed by atoms with Crippen LogP contribution in [0.25, 0.3) is 5.70 Å². The van der Waals surface area contributed by atoms with E-state index in [0.29, 0.717) is 93.5 Å². The molecule has 4 aliphatic carbocycles. The first-order chi connectivity index (χ1) is 37.2. The van der Waals surface area contributed by atoms with Crippen molar-refractivity contribution < 1.29 is 58.7 Å². The van der Waals surface area contributed by atoms with Gasteiger partial charge in [-0.2, -0.15) is 0 Å². The van der Waals surface area contributed by atoms with E-state index >= 15 is 0 Å². The van der Waals surface area contributed by atoms with Crippen LogP contribution in [0.5, 0.6) is 11.5 Å². The lowest BCUT2D eigenvalue weighted by molar-refractivity contribution is -0.166. The summed E-state index contributed by atoms with van der Waals surface area (Å²) in [7, 11) is 6.91. The molecule has 0 aromatic heterocycles. The second kappa shape index (κ2) is 28.9. The third kappa shape index (κ3) is 16.9. The Labute approximate surface area is 463 Å². The Morgan fingerprint density at radius 1 is 0.718 bits per heavy atom. The van der Waals surface area contributed by atoms with Crippen molar-refractivity contribution in [3.05, 3.63) is 53.6 Å². The second-order valence-electron chi connectivity index (χ2n) is 21.9. The van der Waals surface area contributed by atoms with E-state index < -0.39 is 41.0 Å². The Bertz CT molecular complexity index is 2390. The number of carboxylic acid groups (broad SMARTS) is 4. The quantitative estimate of drug-likeness (QED) is 0.0370. The van der Waals surface area contributed by atoms with Gasteiger partial charge in [0, 0.05) is 76.5 Å². The number of benzene rings is 2. The maximum atomic E-state index is 14.1. The van der Waals surface area contributed by atoms with Gasteiger partial charge in [-0.05, 0) is 142 Å². The van der Waals surface area contributed by atoms with Gasteiger partial charge < -0.3 is 50.3 Å². The van der Waals surface area contributed by atoms with Crippen molar-refractivity contribution in [1.29, 1.82) is 5.41 Å². The minimum absolute atomic E-state index is 0.0841. The van der Waals surface area contributed by atoms with Crippen molar-refractivity contribution in [2.24, 2.45) is 23.7 Å². The van der Waals surface area contributed by atoms with E-state index in [4.69, 9.17) is 14.9 Å². The van der Waals surface area contributed by atoms with E-state index in [-0.39, 0.29) is 49.8 Å². The number of hydrogen-bond donors (Lipinski definition) is 7. The van der Waals surface area contributed by atoms with Crippen LogP contribution < -0.4 is 20.1 Å². The Balaban J connectivity index is 1.03. The van der Waals surface area contributed by atoms with E-state index in [9.17, 15) is 49.2 Å². The van der Waals surface area contributed by atoms with Gasteiger partial charge in [0.05, 0.1) is 51.7 Å². The predicted molar refractivity (Wildman–Crippen MR) is 299 cm³/mol. The molecule has 2 aromatic rings. The van der Waals surface area contributed by atoms with Crippen LogP contribution in [0.1, 0.15) is 75.8 Å². The number of rotatable bonds is 27. The van der Waals surface area contributed by atoms with E-state index in [1.807, 2.05) is 17.0 Å². The normalized spacial score (nSPS) is 22.6. The molecule has 5 aliphatic rings. The summed E-state index contributed by atoms with van der Waals surface area (Å²) >= 11 is 1.75. The number of hydrogen-bond acceptors (Lipinski definition) is 16. The highest BCUT2D eigenvalue weighted by molar-refractivity contribution is 7.99. The highest BCUT2D eigenvalue weighted by Crippen LogP contribution is 2.58. The van der Waals surface area contributed by atoms with Gasteiger partial charge in [0.15, 0.2) is 0 Å². The van der Waals surface area contributed by atoms with Gasteiger partial charge in [0.1, 0.15) is 22.7 Å². The first kappa shape index (κ1) is 61.4. The zero-order valence-corrected chi connectivity index (χ0v) is 47.2. The Hall–Kier alpha value is -5.78. The lowest BCUT2D eigenvalue weighted by Crippen LogP contribution is -2.70. The summed E-state index contributed by atoms with van der Waals surface area (Å²) in [4.78, 5) is 87.8. The molecule has 0 radical (unpaired) electrons. The number of anilines is 1. The molecule has 1 aliphatic heterocycles. The molecule has 0 atom stereocenters. The lowest BCUT2D eigenvalue weighted by Gasteiger charge is -2.59. The summed E-state index contributed by atoms with van der Waals surface area (Å²) < 4.78 is 11.6. The van der Waals surface area contributed by atoms with E-state index in [0.717, 1.165) is 79.9 Å². The van der Waals surface area contributed by atoms with Gasteiger partial charge in [-0.1, -0.05) is 19.9 Å². The Kier molecular flexibility index (Phi) is 22.8. The van der Waals surface area contributed by atoms with Crippen LogP contribution >= 0.6 is 11.8 Å². The van der Waals surface area contributed by atoms with Crippen LogP contribution in [0.4, 0.5) is 5.69 Å². The number of amides is 2. The maximum absolute atomic E-state index is 14.1. The summed E-state index contributed by atoms with van der Waals surface area (Å²) in [5, 5.41) is 54.9. The highest BCUT2D eigenvalue weighted by atomic mass is 32.2. The second-order valence-corrected chi connectivity index (χ2v) is 23.1. The number of carbonyl (C=O) groups is 6. The maximum Gasteiger partial charge on any atom is 0.330 e. The molecular weight excluding hydrogens is 1020 g/mol. The van der Waals surface area contributed by atoms with Crippen molar-refractivity contribution in [3.63, 3.8) is 0 Å². The number of thioether (sulfide) groups is 1. The largest absolute Gasteiger partial charge is 0.496 e. The topological polar surface area (TPSA) is 269 Å². The third-order valence-corrected chi connectivity index (χ3v) is 17.1. The van der Waals surface area contributed by atoms with Crippen molar-refractivity contribution >= 4 is 64.5 Å². The van der Waals surface area contributed by atoms with Gasteiger partial charge in [0.2, 0.25) is 5.91 Å². The van der Waals surface area contributed by atoms with Crippen molar-refractivity contribution in [3.8, 4) is 11.5 Å². The monoisotopic (exact) mass is 1110 g/mol. The lowest BCUT2D eigenvalue weighted by atomic mass is 9.48. The molecule has 1 saturated heterocycles. The van der Waals surface area contributed by atoms with Gasteiger partial charge in [-0.25, -0.2) is 4.79 Å². The number of carboxylic acids is 4. The fourth-order valence-corrected chi connectivity index (χ4v) is 13.0. The van der Waals surface area contributed by atoms with E-state index in [1.165, 1.54) is 6.08 Å². The highest BCUT2D eigenvalue weighted by Gasteiger charge is 2.62. The molecule has 5 fully saturated rings. The number of carbonyl (C=O) groups excluding carboxylic acids is 2. The predicted octanol–water partition coefficient (Wildman–Crippen LogP) is 4.43. The molecule has 7 rings (SSSR count). The summed E-state index contributed by atoms with van der Waals surface area (Å²) in [5.74, 6) is -2.39. The standard InChI is InChI=1S/C56H83N9O12S/c1-37(2)43-31-42(12-13-45(43)58-46(53-47(76-5)10-7-11-48(53)77-6)32-44(57)54(73)59-56(55(74)75)40-27-38-26-39(29-40)30-41(56)28-38)78-25-9-15-60(3)14-8-16-61(4)49(66)33-62-17-19-63(34-50(67)68)21-23-65(36-52(71)72)24-22-64(20-18-62)35-51(69)70/h7,10-13,31-32,37-41,57-58H,8-9,14-30,33-36H2,1-6H3,(H,59,73)(H,67,68)(H,69,70)(H,71,72)(H,74,75)/b46-32-,57-44?. The number of nitrogens with one attached hydrogen (secondary N) is 3. The number of likely N-dealkylation sites (N-methyl/N-ethyl adjacent to an activating group) is 1.